The molecule has 0 aliphatic carbocycles. The third-order valence-corrected chi connectivity index (χ3v) is 5.94. The van der Waals surface area contributed by atoms with Gasteiger partial charge in [-0.05, 0) is 49.4 Å². The number of rotatable bonds is 5. The highest BCUT2D eigenvalue weighted by molar-refractivity contribution is 7.92. The van der Waals surface area contributed by atoms with Crippen LogP contribution in [0.25, 0.3) is 0 Å². The fraction of sp³-hybridized carbons (Fsp3) is 0.111. The standard InChI is InChI=1S/C18H16Cl2N4O3S/c1-11-16(17(20)24(2)22-11)18(25)21-14-4-3-5-15(10-14)28(26,27)23-13-8-6-12(19)7-9-13/h3-10,23H,1-2H3,(H,21,25). The Morgan fingerprint density at radius 2 is 1.75 bits per heavy atom. The summed E-state index contributed by atoms with van der Waals surface area (Å²) in [4.78, 5) is 12.5. The molecule has 3 aromatic rings. The molecule has 0 saturated heterocycles. The average Bonchev–Trinajstić information content (AvgIpc) is 2.89. The Balaban J connectivity index is 1.83. The van der Waals surface area contributed by atoms with Gasteiger partial charge in [-0.3, -0.25) is 14.2 Å². The molecule has 0 aliphatic heterocycles. The van der Waals surface area contributed by atoms with Crippen LogP contribution >= 0.6 is 23.2 Å². The minimum absolute atomic E-state index is 0.00532. The number of carbonyl (C=O) groups excluding carboxylic acids is 1. The van der Waals surface area contributed by atoms with Gasteiger partial charge in [-0.2, -0.15) is 5.10 Å². The monoisotopic (exact) mass is 438 g/mol. The summed E-state index contributed by atoms with van der Waals surface area (Å²) >= 11 is 11.9. The Morgan fingerprint density at radius 1 is 1.07 bits per heavy atom. The lowest BCUT2D eigenvalue weighted by molar-refractivity contribution is 0.102. The van der Waals surface area contributed by atoms with Crippen LogP contribution in [0.3, 0.4) is 0 Å². The molecule has 0 saturated carbocycles. The number of halogens is 2. The molecule has 0 bridgehead atoms. The van der Waals surface area contributed by atoms with Crippen molar-refractivity contribution in [2.24, 2.45) is 7.05 Å². The number of nitrogens with one attached hydrogen (secondary N) is 2. The van der Waals surface area contributed by atoms with E-state index in [2.05, 4.69) is 15.1 Å². The molecule has 7 nitrogen and oxygen atoms in total. The van der Waals surface area contributed by atoms with Crippen LogP contribution in [0, 0.1) is 6.92 Å². The van der Waals surface area contributed by atoms with Gasteiger partial charge in [0.15, 0.2) is 0 Å². The third kappa shape index (κ3) is 4.30. The van der Waals surface area contributed by atoms with Crippen LogP contribution < -0.4 is 10.0 Å². The largest absolute Gasteiger partial charge is 0.322 e. The molecular weight excluding hydrogens is 423 g/mol. The smallest absolute Gasteiger partial charge is 0.261 e. The van der Waals surface area contributed by atoms with E-state index in [1.165, 1.54) is 22.9 Å². The molecule has 28 heavy (non-hydrogen) atoms. The van der Waals surface area contributed by atoms with Crippen molar-refractivity contribution in [3.05, 3.63) is 70.0 Å². The molecule has 1 heterocycles. The first-order valence-corrected chi connectivity index (χ1v) is 10.3. The molecular formula is C18H16Cl2N4O3S. The predicted octanol–water partition coefficient (Wildman–Crippen LogP) is 4.09. The van der Waals surface area contributed by atoms with Crippen LogP contribution in [-0.4, -0.2) is 24.1 Å². The van der Waals surface area contributed by atoms with E-state index in [1.807, 2.05) is 0 Å². The SMILES string of the molecule is Cc1nn(C)c(Cl)c1C(=O)Nc1cccc(S(=O)(=O)Nc2ccc(Cl)cc2)c1. The lowest BCUT2D eigenvalue weighted by Gasteiger charge is -2.10. The molecule has 146 valence electrons. The van der Waals surface area contributed by atoms with E-state index in [9.17, 15) is 13.2 Å². The number of aromatic nitrogens is 2. The Labute approximate surface area is 172 Å². The maximum Gasteiger partial charge on any atom is 0.261 e. The fourth-order valence-electron chi connectivity index (χ4n) is 2.55. The zero-order valence-corrected chi connectivity index (χ0v) is 17.2. The second kappa shape index (κ2) is 7.83. The summed E-state index contributed by atoms with van der Waals surface area (Å²) in [6.45, 7) is 1.66. The van der Waals surface area contributed by atoms with E-state index in [0.717, 1.165) is 0 Å². The molecule has 0 aliphatic rings. The first-order chi connectivity index (χ1) is 13.2. The molecule has 2 N–H and O–H groups in total. The van der Waals surface area contributed by atoms with E-state index >= 15 is 0 Å². The molecule has 0 unspecified atom stereocenters. The molecule has 1 aromatic heterocycles. The van der Waals surface area contributed by atoms with E-state index in [0.29, 0.717) is 22.1 Å². The summed E-state index contributed by atoms with van der Waals surface area (Å²) in [7, 11) is -2.22. The minimum atomic E-state index is -3.85. The van der Waals surface area contributed by atoms with Gasteiger partial charge >= 0.3 is 0 Å². The van der Waals surface area contributed by atoms with Crippen LogP contribution in [0.4, 0.5) is 11.4 Å². The maximum absolute atomic E-state index is 12.6. The average molecular weight is 439 g/mol. The maximum atomic E-state index is 12.6. The summed E-state index contributed by atoms with van der Waals surface area (Å²) in [5, 5.41) is 7.44. The Hall–Kier alpha value is -2.55. The number of sulfonamides is 1. The first kappa shape index (κ1) is 20.2. The Bertz CT molecular complexity index is 1140. The number of benzene rings is 2. The van der Waals surface area contributed by atoms with Crippen LogP contribution in [0.1, 0.15) is 16.1 Å². The van der Waals surface area contributed by atoms with E-state index in [-0.39, 0.29) is 15.6 Å². The minimum Gasteiger partial charge on any atom is -0.322 e. The number of amides is 1. The molecule has 0 fully saturated rings. The quantitative estimate of drug-likeness (QED) is 0.627. The highest BCUT2D eigenvalue weighted by atomic mass is 35.5. The van der Waals surface area contributed by atoms with Gasteiger partial charge in [-0.1, -0.05) is 29.3 Å². The molecule has 0 radical (unpaired) electrons. The van der Waals surface area contributed by atoms with E-state index < -0.39 is 15.9 Å². The van der Waals surface area contributed by atoms with Gasteiger partial charge in [0.1, 0.15) is 5.15 Å². The second-order valence-electron chi connectivity index (χ2n) is 5.97. The van der Waals surface area contributed by atoms with Gasteiger partial charge in [-0.15, -0.1) is 0 Å². The summed E-state index contributed by atoms with van der Waals surface area (Å²) in [6.07, 6.45) is 0. The summed E-state index contributed by atoms with van der Waals surface area (Å²) < 4.78 is 29.1. The van der Waals surface area contributed by atoms with Crippen LogP contribution in [0.15, 0.2) is 53.4 Å². The lowest BCUT2D eigenvalue weighted by atomic mass is 10.2. The molecule has 3 rings (SSSR count). The zero-order valence-electron chi connectivity index (χ0n) is 14.9. The van der Waals surface area contributed by atoms with Crippen molar-refractivity contribution in [1.82, 2.24) is 9.78 Å². The fourth-order valence-corrected chi connectivity index (χ4v) is 4.05. The Kier molecular flexibility index (Phi) is 5.64. The van der Waals surface area contributed by atoms with Crippen LogP contribution in [0.2, 0.25) is 10.2 Å². The van der Waals surface area contributed by atoms with Crippen molar-refractivity contribution in [3.8, 4) is 0 Å². The van der Waals surface area contributed by atoms with Gasteiger partial charge in [-0.25, -0.2) is 8.42 Å². The van der Waals surface area contributed by atoms with Crippen molar-refractivity contribution < 1.29 is 13.2 Å². The summed E-state index contributed by atoms with van der Waals surface area (Å²) in [5.41, 5.74) is 1.38. The van der Waals surface area contributed by atoms with Gasteiger partial charge in [0.05, 0.1) is 16.2 Å². The van der Waals surface area contributed by atoms with Gasteiger partial charge in [0, 0.05) is 23.4 Å². The number of carbonyl (C=O) groups is 1. The van der Waals surface area contributed by atoms with Crippen LogP contribution in [0.5, 0.6) is 0 Å². The van der Waals surface area contributed by atoms with Crippen molar-refractivity contribution in [3.63, 3.8) is 0 Å². The second-order valence-corrected chi connectivity index (χ2v) is 8.45. The normalized spacial score (nSPS) is 11.3. The van der Waals surface area contributed by atoms with E-state index in [4.69, 9.17) is 23.2 Å². The number of hydrogen-bond donors (Lipinski definition) is 2. The van der Waals surface area contributed by atoms with Crippen molar-refractivity contribution in [2.75, 3.05) is 10.0 Å². The molecule has 0 atom stereocenters. The molecule has 2 aromatic carbocycles. The first-order valence-electron chi connectivity index (χ1n) is 8.06. The molecule has 0 spiro atoms. The molecule has 1 amide bonds. The van der Waals surface area contributed by atoms with Crippen molar-refractivity contribution in [1.29, 1.82) is 0 Å². The number of aryl methyl sites for hydroxylation is 2. The topological polar surface area (TPSA) is 93.1 Å². The Morgan fingerprint density at radius 3 is 2.36 bits per heavy atom. The third-order valence-electron chi connectivity index (χ3n) is 3.88. The molecule has 10 heteroatoms. The number of anilines is 2. The highest BCUT2D eigenvalue weighted by Gasteiger charge is 2.20. The van der Waals surface area contributed by atoms with Gasteiger partial charge in [0.2, 0.25) is 0 Å². The summed E-state index contributed by atoms with van der Waals surface area (Å²) in [5.74, 6) is -0.476. The highest BCUT2D eigenvalue weighted by Crippen LogP contribution is 2.23. The zero-order chi connectivity index (χ0) is 20.5. The summed E-state index contributed by atoms with van der Waals surface area (Å²) in [6, 6.07) is 12.2. The van der Waals surface area contributed by atoms with Gasteiger partial charge in [0.25, 0.3) is 15.9 Å². The van der Waals surface area contributed by atoms with Crippen LogP contribution in [-0.2, 0) is 17.1 Å². The number of hydrogen-bond acceptors (Lipinski definition) is 4. The van der Waals surface area contributed by atoms with Crippen molar-refractivity contribution >= 4 is 50.5 Å². The predicted molar refractivity (Wildman–Crippen MR) is 110 cm³/mol. The van der Waals surface area contributed by atoms with Crippen molar-refractivity contribution in [2.45, 2.75) is 11.8 Å². The lowest BCUT2D eigenvalue weighted by Crippen LogP contribution is -2.15. The number of nitrogens with zero attached hydrogens (tertiary/aromatic N) is 2. The van der Waals surface area contributed by atoms with E-state index in [1.54, 1.807) is 44.3 Å². The van der Waals surface area contributed by atoms with Gasteiger partial charge < -0.3 is 5.32 Å².